The molecular formula is C17H25NOS. The second-order valence-corrected chi connectivity index (χ2v) is 7.41. The first-order chi connectivity index (χ1) is 9.76. The highest BCUT2D eigenvalue weighted by Crippen LogP contribution is 2.41. The SMILES string of the molecule is COc1ccc2c(c1)C(NCC1(SC)CCCC1)CC2. The van der Waals surface area contributed by atoms with Gasteiger partial charge in [-0.05, 0) is 55.2 Å². The minimum Gasteiger partial charge on any atom is -0.497 e. The molecule has 0 spiro atoms. The van der Waals surface area contributed by atoms with Gasteiger partial charge in [-0.25, -0.2) is 0 Å². The molecule has 0 aliphatic heterocycles. The van der Waals surface area contributed by atoms with Gasteiger partial charge in [0, 0.05) is 17.3 Å². The molecule has 1 saturated carbocycles. The lowest BCUT2D eigenvalue weighted by atomic mass is 10.0. The van der Waals surface area contributed by atoms with Gasteiger partial charge < -0.3 is 10.1 Å². The zero-order chi connectivity index (χ0) is 14.0. The van der Waals surface area contributed by atoms with Crippen LogP contribution in [-0.4, -0.2) is 24.7 Å². The van der Waals surface area contributed by atoms with Gasteiger partial charge in [-0.1, -0.05) is 18.9 Å². The molecule has 2 aliphatic rings. The third kappa shape index (κ3) is 2.71. The zero-order valence-corrected chi connectivity index (χ0v) is 13.4. The van der Waals surface area contributed by atoms with Crippen molar-refractivity contribution in [2.75, 3.05) is 19.9 Å². The number of thioether (sulfide) groups is 1. The van der Waals surface area contributed by atoms with Crippen molar-refractivity contribution in [3.63, 3.8) is 0 Å². The van der Waals surface area contributed by atoms with E-state index in [2.05, 4.69) is 41.5 Å². The summed E-state index contributed by atoms with van der Waals surface area (Å²) in [7, 11) is 1.75. The summed E-state index contributed by atoms with van der Waals surface area (Å²) in [5.74, 6) is 0.984. The van der Waals surface area contributed by atoms with Gasteiger partial charge in [-0.2, -0.15) is 11.8 Å². The third-order valence-electron chi connectivity index (χ3n) is 5.05. The third-order valence-corrected chi connectivity index (χ3v) is 6.47. The van der Waals surface area contributed by atoms with Crippen molar-refractivity contribution in [1.82, 2.24) is 5.32 Å². The average Bonchev–Trinajstić information content (AvgIpc) is 3.12. The lowest BCUT2D eigenvalue weighted by Crippen LogP contribution is -2.36. The molecule has 3 heteroatoms. The molecule has 1 fully saturated rings. The van der Waals surface area contributed by atoms with E-state index in [1.54, 1.807) is 7.11 Å². The van der Waals surface area contributed by atoms with Crippen LogP contribution in [0, 0.1) is 0 Å². The first kappa shape index (κ1) is 14.3. The number of hydrogen-bond donors (Lipinski definition) is 1. The van der Waals surface area contributed by atoms with Crippen molar-refractivity contribution in [1.29, 1.82) is 0 Å². The number of nitrogens with one attached hydrogen (secondary N) is 1. The Hall–Kier alpha value is -0.670. The van der Waals surface area contributed by atoms with Crippen molar-refractivity contribution >= 4 is 11.8 Å². The minimum absolute atomic E-state index is 0.488. The molecule has 0 amide bonds. The summed E-state index contributed by atoms with van der Waals surface area (Å²) in [6, 6.07) is 7.06. The van der Waals surface area contributed by atoms with Crippen molar-refractivity contribution < 1.29 is 4.74 Å². The highest BCUT2D eigenvalue weighted by Gasteiger charge is 2.34. The smallest absolute Gasteiger partial charge is 0.119 e. The van der Waals surface area contributed by atoms with E-state index in [0.717, 1.165) is 12.3 Å². The standard InChI is InChI=1S/C17H25NOS/c1-19-14-7-5-13-6-8-16(15(13)11-14)18-12-17(20-2)9-3-4-10-17/h5,7,11,16,18H,3-4,6,8-10,12H2,1-2H3. The summed E-state index contributed by atoms with van der Waals surface area (Å²) in [5.41, 5.74) is 2.95. The van der Waals surface area contributed by atoms with E-state index in [4.69, 9.17) is 4.74 Å². The van der Waals surface area contributed by atoms with Crippen LogP contribution in [0.1, 0.15) is 49.3 Å². The van der Waals surface area contributed by atoms with Gasteiger partial charge in [0.15, 0.2) is 0 Å². The Balaban J connectivity index is 1.68. The molecule has 110 valence electrons. The van der Waals surface area contributed by atoms with Gasteiger partial charge in [0.2, 0.25) is 0 Å². The van der Waals surface area contributed by atoms with Gasteiger partial charge in [-0.3, -0.25) is 0 Å². The lowest BCUT2D eigenvalue weighted by molar-refractivity contribution is 0.412. The monoisotopic (exact) mass is 291 g/mol. The maximum Gasteiger partial charge on any atom is 0.119 e. The second-order valence-electron chi connectivity index (χ2n) is 6.13. The average molecular weight is 291 g/mol. The molecule has 3 rings (SSSR count). The molecule has 0 radical (unpaired) electrons. The normalized spacial score (nSPS) is 23.8. The fourth-order valence-corrected chi connectivity index (χ4v) is 4.63. The highest BCUT2D eigenvalue weighted by molar-refractivity contribution is 8.00. The minimum atomic E-state index is 0.488. The topological polar surface area (TPSA) is 21.3 Å². The van der Waals surface area contributed by atoms with E-state index in [1.165, 1.54) is 49.7 Å². The van der Waals surface area contributed by atoms with Gasteiger partial charge in [-0.15, -0.1) is 0 Å². The number of rotatable bonds is 5. The molecule has 1 atom stereocenters. The van der Waals surface area contributed by atoms with Crippen molar-refractivity contribution in [2.45, 2.75) is 49.3 Å². The fraction of sp³-hybridized carbons (Fsp3) is 0.647. The van der Waals surface area contributed by atoms with Crippen LogP contribution in [0.15, 0.2) is 18.2 Å². The summed E-state index contributed by atoms with van der Waals surface area (Å²) in [5, 5.41) is 3.85. The van der Waals surface area contributed by atoms with Crippen LogP contribution >= 0.6 is 11.8 Å². The number of benzene rings is 1. The molecule has 1 N–H and O–H groups in total. The highest BCUT2D eigenvalue weighted by atomic mass is 32.2. The molecule has 2 aliphatic carbocycles. The van der Waals surface area contributed by atoms with Crippen molar-refractivity contribution in [3.8, 4) is 5.75 Å². The number of aryl methyl sites for hydroxylation is 1. The Kier molecular flexibility index (Phi) is 4.27. The van der Waals surface area contributed by atoms with Crippen LogP contribution in [0.4, 0.5) is 0 Å². The fourth-order valence-electron chi connectivity index (χ4n) is 3.70. The van der Waals surface area contributed by atoms with Crippen LogP contribution in [0.5, 0.6) is 5.75 Å². The molecule has 0 heterocycles. The zero-order valence-electron chi connectivity index (χ0n) is 12.6. The van der Waals surface area contributed by atoms with E-state index in [9.17, 15) is 0 Å². The Labute approximate surface area is 126 Å². The van der Waals surface area contributed by atoms with Crippen LogP contribution in [0.3, 0.4) is 0 Å². The Morgan fingerprint density at radius 2 is 2.15 bits per heavy atom. The van der Waals surface area contributed by atoms with Gasteiger partial charge in [0.1, 0.15) is 5.75 Å². The Morgan fingerprint density at radius 3 is 2.85 bits per heavy atom. The number of methoxy groups -OCH3 is 1. The maximum absolute atomic E-state index is 5.37. The Morgan fingerprint density at radius 1 is 1.35 bits per heavy atom. The first-order valence-electron chi connectivity index (χ1n) is 7.72. The quantitative estimate of drug-likeness (QED) is 0.887. The largest absolute Gasteiger partial charge is 0.497 e. The van der Waals surface area contributed by atoms with Crippen LogP contribution < -0.4 is 10.1 Å². The molecule has 0 saturated heterocycles. The molecule has 1 aromatic rings. The molecule has 0 aromatic heterocycles. The summed E-state index contributed by atoms with van der Waals surface area (Å²) >= 11 is 2.07. The predicted octanol–water partition coefficient (Wildman–Crippen LogP) is 3.95. The number of hydrogen-bond acceptors (Lipinski definition) is 3. The van der Waals surface area contributed by atoms with Crippen LogP contribution in [0.2, 0.25) is 0 Å². The summed E-state index contributed by atoms with van der Waals surface area (Å²) in [6.07, 6.45) is 10.3. The van der Waals surface area contributed by atoms with Gasteiger partial charge >= 0.3 is 0 Å². The van der Waals surface area contributed by atoms with E-state index >= 15 is 0 Å². The van der Waals surface area contributed by atoms with E-state index in [-0.39, 0.29) is 0 Å². The lowest BCUT2D eigenvalue weighted by Gasteiger charge is -2.29. The Bertz CT molecular complexity index is 468. The molecular weight excluding hydrogens is 266 g/mol. The molecule has 1 unspecified atom stereocenters. The summed E-state index contributed by atoms with van der Waals surface area (Å²) in [6.45, 7) is 1.15. The van der Waals surface area contributed by atoms with Crippen LogP contribution in [-0.2, 0) is 6.42 Å². The number of ether oxygens (including phenoxy) is 1. The summed E-state index contributed by atoms with van der Waals surface area (Å²) in [4.78, 5) is 0. The van der Waals surface area contributed by atoms with E-state index in [0.29, 0.717) is 10.8 Å². The van der Waals surface area contributed by atoms with Crippen LogP contribution in [0.25, 0.3) is 0 Å². The van der Waals surface area contributed by atoms with E-state index < -0.39 is 0 Å². The van der Waals surface area contributed by atoms with Gasteiger partial charge in [0.25, 0.3) is 0 Å². The number of fused-ring (bicyclic) bond motifs is 1. The van der Waals surface area contributed by atoms with Gasteiger partial charge in [0.05, 0.1) is 7.11 Å². The maximum atomic E-state index is 5.37. The molecule has 2 nitrogen and oxygen atoms in total. The summed E-state index contributed by atoms with van der Waals surface area (Å²) < 4.78 is 5.86. The van der Waals surface area contributed by atoms with E-state index in [1.807, 2.05) is 0 Å². The second kappa shape index (κ2) is 5.98. The van der Waals surface area contributed by atoms with Crippen molar-refractivity contribution in [2.24, 2.45) is 0 Å². The first-order valence-corrected chi connectivity index (χ1v) is 8.94. The molecule has 0 bridgehead atoms. The molecule has 20 heavy (non-hydrogen) atoms. The molecule has 1 aromatic carbocycles. The predicted molar refractivity (Wildman–Crippen MR) is 86.8 cm³/mol. The van der Waals surface area contributed by atoms with Crippen molar-refractivity contribution in [3.05, 3.63) is 29.3 Å².